The van der Waals surface area contributed by atoms with E-state index < -0.39 is 33.0 Å². The molecule has 0 saturated heterocycles. The Bertz CT molecular complexity index is 1020. The van der Waals surface area contributed by atoms with E-state index in [4.69, 9.17) is 11.6 Å². The molecule has 0 aromatic heterocycles. The van der Waals surface area contributed by atoms with Crippen LogP contribution in [0.15, 0.2) is 53.4 Å². The number of halogens is 1. The van der Waals surface area contributed by atoms with E-state index in [1.807, 2.05) is 4.72 Å². The highest BCUT2D eigenvalue weighted by atomic mass is 35.5. The molecule has 0 heterocycles. The third-order valence-corrected chi connectivity index (χ3v) is 5.52. The van der Waals surface area contributed by atoms with Gasteiger partial charge in [0.2, 0.25) is 0 Å². The average molecular weight is 442 g/mol. The lowest BCUT2D eigenvalue weighted by molar-refractivity contribution is -0.384. The lowest BCUT2D eigenvalue weighted by atomic mass is 10.1. The van der Waals surface area contributed by atoms with Crippen molar-refractivity contribution >= 4 is 39.3 Å². The van der Waals surface area contributed by atoms with Gasteiger partial charge in [0.05, 0.1) is 9.82 Å². The number of non-ortho nitro benzene ring substituents is 1. The maximum atomic E-state index is 12.6. The van der Waals surface area contributed by atoms with Gasteiger partial charge in [-0.2, -0.15) is 0 Å². The molecule has 154 valence electrons. The number of carboxylic acids is 1. The predicted octanol–water partition coefficient (Wildman–Crippen LogP) is 2.62. The molecule has 0 spiro atoms. The van der Waals surface area contributed by atoms with E-state index in [1.165, 1.54) is 55.5 Å². The number of carboxylic acid groups (broad SMARTS) is 1. The van der Waals surface area contributed by atoms with Gasteiger partial charge in [-0.1, -0.05) is 23.7 Å². The molecule has 2 N–H and O–H groups in total. The first-order valence-electron chi connectivity index (χ1n) is 8.06. The summed E-state index contributed by atoms with van der Waals surface area (Å²) in [4.78, 5) is 34.6. The molecule has 0 unspecified atom stereocenters. The first-order chi connectivity index (χ1) is 13.5. The van der Waals surface area contributed by atoms with Gasteiger partial charge in [0, 0.05) is 23.7 Å². The van der Waals surface area contributed by atoms with E-state index in [0.29, 0.717) is 10.6 Å². The Labute approximate surface area is 170 Å². The summed E-state index contributed by atoms with van der Waals surface area (Å²) < 4.78 is 26.6. The van der Waals surface area contributed by atoms with Crippen molar-refractivity contribution in [2.45, 2.75) is 24.4 Å². The number of nitrogens with one attached hydrogen (secondary N) is 1. The van der Waals surface area contributed by atoms with Gasteiger partial charge in [-0.15, -0.1) is 0 Å². The van der Waals surface area contributed by atoms with Crippen molar-refractivity contribution in [1.29, 1.82) is 0 Å². The minimum Gasteiger partial charge on any atom is -0.480 e. The fraction of sp³-hybridized carbons (Fsp3) is 0.176. The summed E-state index contributed by atoms with van der Waals surface area (Å²) in [6.07, 6.45) is 0. The van der Waals surface area contributed by atoms with E-state index >= 15 is 0 Å². The van der Waals surface area contributed by atoms with E-state index in [0.717, 1.165) is 4.90 Å². The minimum atomic E-state index is -4.27. The van der Waals surface area contributed by atoms with Crippen molar-refractivity contribution in [2.24, 2.45) is 0 Å². The highest BCUT2D eigenvalue weighted by Gasteiger charge is 2.29. The van der Waals surface area contributed by atoms with Crippen molar-refractivity contribution in [3.8, 4) is 0 Å². The Kier molecular flexibility index (Phi) is 6.77. The molecule has 0 saturated carbocycles. The van der Waals surface area contributed by atoms with Crippen LogP contribution in [0.2, 0.25) is 5.02 Å². The summed E-state index contributed by atoms with van der Waals surface area (Å²) in [5.74, 6) is -1.36. The highest BCUT2D eigenvalue weighted by molar-refractivity contribution is 7.90. The molecule has 2 amide bonds. The monoisotopic (exact) mass is 441 g/mol. The third-order valence-electron chi connectivity index (χ3n) is 3.93. The molecule has 2 rings (SSSR count). The van der Waals surface area contributed by atoms with Gasteiger partial charge in [-0.05, 0) is 36.8 Å². The van der Waals surface area contributed by atoms with Crippen LogP contribution in [0.1, 0.15) is 12.5 Å². The number of benzene rings is 2. The van der Waals surface area contributed by atoms with E-state index in [9.17, 15) is 33.2 Å². The number of hydrogen-bond donors (Lipinski definition) is 2. The Hall–Kier alpha value is -3.18. The van der Waals surface area contributed by atoms with Gasteiger partial charge in [-0.3, -0.25) is 10.1 Å². The second-order valence-electron chi connectivity index (χ2n) is 5.93. The number of hydrogen-bond acceptors (Lipinski definition) is 6. The van der Waals surface area contributed by atoms with Gasteiger partial charge >= 0.3 is 12.0 Å². The SMILES string of the molecule is C[C@@H](C(=O)O)N(Cc1ccc([N+](=O)[O-])cc1)C(=O)NS(=O)(=O)c1ccc(Cl)cc1. The first kappa shape index (κ1) is 22.1. The van der Waals surface area contributed by atoms with Crippen LogP contribution in [0.4, 0.5) is 10.5 Å². The number of aliphatic carboxylic acids is 1. The molecule has 0 aliphatic rings. The number of sulfonamides is 1. The smallest absolute Gasteiger partial charge is 0.332 e. The number of urea groups is 1. The molecular weight excluding hydrogens is 426 g/mol. The molecule has 0 aliphatic carbocycles. The van der Waals surface area contributed by atoms with Crippen LogP contribution in [0.3, 0.4) is 0 Å². The van der Waals surface area contributed by atoms with E-state index in [-0.39, 0.29) is 17.1 Å². The Morgan fingerprint density at radius 3 is 2.21 bits per heavy atom. The predicted molar refractivity (Wildman–Crippen MR) is 103 cm³/mol. The fourth-order valence-corrected chi connectivity index (χ4v) is 3.37. The van der Waals surface area contributed by atoms with Crippen LogP contribution in [0.25, 0.3) is 0 Å². The largest absolute Gasteiger partial charge is 0.480 e. The number of nitrogens with zero attached hydrogens (tertiary/aromatic N) is 2. The standard InChI is InChI=1S/C17H16ClN3O7S/c1-11(16(22)23)20(10-12-2-6-14(7-3-12)21(25)26)17(24)19-29(27,28)15-8-4-13(18)5-9-15/h2-9,11H,10H2,1H3,(H,19,24)(H,22,23)/t11-/m0/s1. The number of carbonyl (C=O) groups excluding carboxylic acids is 1. The van der Waals surface area contributed by atoms with Crippen molar-refractivity contribution in [2.75, 3.05) is 0 Å². The highest BCUT2D eigenvalue weighted by Crippen LogP contribution is 2.17. The Balaban J connectivity index is 2.26. The first-order valence-corrected chi connectivity index (χ1v) is 9.92. The molecule has 12 heteroatoms. The average Bonchev–Trinajstić information content (AvgIpc) is 2.65. The fourth-order valence-electron chi connectivity index (χ4n) is 2.28. The van der Waals surface area contributed by atoms with Crippen molar-refractivity contribution in [3.63, 3.8) is 0 Å². The Morgan fingerprint density at radius 1 is 1.17 bits per heavy atom. The van der Waals surface area contributed by atoms with Crippen LogP contribution in [-0.4, -0.2) is 41.4 Å². The summed E-state index contributed by atoms with van der Waals surface area (Å²) >= 11 is 5.72. The van der Waals surface area contributed by atoms with E-state index in [2.05, 4.69) is 0 Å². The molecule has 1 atom stereocenters. The van der Waals surface area contributed by atoms with Crippen LogP contribution >= 0.6 is 11.6 Å². The topological polar surface area (TPSA) is 147 Å². The Morgan fingerprint density at radius 2 is 1.72 bits per heavy atom. The lowest BCUT2D eigenvalue weighted by Crippen LogP contribution is -2.49. The molecule has 29 heavy (non-hydrogen) atoms. The van der Waals surface area contributed by atoms with Crippen LogP contribution in [-0.2, 0) is 21.4 Å². The van der Waals surface area contributed by atoms with E-state index in [1.54, 1.807) is 0 Å². The zero-order valence-corrected chi connectivity index (χ0v) is 16.6. The summed E-state index contributed by atoms with van der Waals surface area (Å²) in [5.41, 5.74) is 0.198. The van der Waals surface area contributed by atoms with Crippen molar-refractivity contribution < 1.29 is 28.0 Å². The van der Waals surface area contributed by atoms with Crippen molar-refractivity contribution in [3.05, 3.63) is 69.2 Å². The van der Waals surface area contributed by atoms with Crippen molar-refractivity contribution in [1.82, 2.24) is 9.62 Å². The molecule has 0 fully saturated rings. The molecule has 0 radical (unpaired) electrons. The number of rotatable bonds is 7. The second-order valence-corrected chi connectivity index (χ2v) is 8.05. The minimum absolute atomic E-state index is 0.179. The van der Waals surface area contributed by atoms with Crippen LogP contribution in [0, 0.1) is 10.1 Å². The quantitative estimate of drug-likeness (QED) is 0.495. The molecule has 0 bridgehead atoms. The second kappa shape index (κ2) is 8.88. The molecule has 2 aromatic rings. The molecular formula is C17H16ClN3O7S. The maximum absolute atomic E-state index is 12.6. The number of nitro benzene ring substituents is 1. The zero-order valence-electron chi connectivity index (χ0n) is 15.0. The summed E-state index contributed by atoms with van der Waals surface area (Å²) in [7, 11) is -4.27. The van der Waals surface area contributed by atoms with Gasteiger partial charge in [0.1, 0.15) is 6.04 Å². The maximum Gasteiger partial charge on any atom is 0.332 e. The van der Waals surface area contributed by atoms with Gasteiger partial charge in [-0.25, -0.2) is 22.7 Å². The zero-order chi connectivity index (χ0) is 21.8. The third kappa shape index (κ3) is 5.65. The van der Waals surface area contributed by atoms with Crippen LogP contribution in [0.5, 0.6) is 0 Å². The molecule has 0 aliphatic heterocycles. The van der Waals surface area contributed by atoms with Gasteiger partial charge in [0.15, 0.2) is 0 Å². The van der Waals surface area contributed by atoms with Crippen LogP contribution < -0.4 is 4.72 Å². The lowest BCUT2D eigenvalue weighted by Gasteiger charge is -2.26. The number of amides is 2. The summed E-state index contributed by atoms with van der Waals surface area (Å²) in [6.45, 7) is 0.926. The molecule has 2 aromatic carbocycles. The summed E-state index contributed by atoms with van der Waals surface area (Å²) in [5, 5.41) is 20.3. The number of nitro groups is 1. The summed E-state index contributed by atoms with van der Waals surface area (Å²) in [6, 6.07) is 7.60. The number of carbonyl (C=O) groups is 2. The molecule has 10 nitrogen and oxygen atoms in total. The van der Waals surface area contributed by atoms with Gasteiger partial charge in [0.25, 0.3) is 15.7 Å². The van der Waals surface area contributed by atoms with Gasteiger partial charge < -0.3 is 10.0 Å². The normalized spacial score (nSPS) is 12.1.